The van der Waals surface area contributed by atoms with Crippen molar-refractivity contribution in [2.45, 2.75) is 20.0 Å². The zero-order valence-electron chi connectivity index (χ0n) is 8.50. The molecule has 0 radical (unpaired) electrons. The SMILES string of the molecule is CN=C1OC(C)C(C)C1C(=O)NC. The van der Waals surface area contributed by atoms with Crippen molar-refractivity contribution in [3.63, 3.8) is 0 Å². The molecule has 74 valence electrons. The molecule has 1 heterocycles. The van der Waals surface area contributed by atoms with Gasteiger partial charge in [-0.15, -0.1) is 0 Å². The van der Waals surface area contributed by atoms with Crippen LogP contribution in [0.15, 0.2) is 4.99 Å². The molecule has 0 aromatic heterocycles. The second kappa shape index (κ2) is 3.77. The van der Waals surface area contributed by atoms with Gasteiger partial charge in [-0.05, 0) is 6.92 Å². The molecule has 0 saturated carbocycles. The van der Waals surface area contributed by atoms with Gasteiger partial charge < -0.3 is 10.1 Å². The number of amides is 1. The van der Waals surface area contributed by atoms with Crippen molar-refractivity contribution < 1.29 is 9.53 Å². The molecule has 4 heteroatoms. The summed E-state index contributed by atoms with van der Waals surface area (Å²) in [7, 11) is 3.28. The van der Waals surface area contributed by atoms with E-state index in [4.69, 9.17) is 4.74 Å². The van der Waals surface area contributed by atoms with Crippen LogP contribution in [0.4, 0.5) is 0 Å². The van der Waals surface area contributed by atoms with Gasteiger partial charge in [0.2, 0.25) is 5.91 Å². The van der Waals surface area contributed by atoms with Crippen LogP contribution < -0.4 is 5.32 Å². The van der Waals surface area contributed by atoms with Crippen molar-refractivity contribution >= 4 is 11.8 Å². The van der Waals surface area contributed by atoms with E-state index in [2.05, 4.69) is 10.3 Å². The van der Waals surface area contributed by atoms with Crippen LogP contribution >= 0.6 is 0 Å². The molecule has 13 heavy (non-hydrogen) atoms. The quantitative estimate of drug-likeness (QED) is 0.642. The number of hydrogen-bond donors (Lipinski definition) is 1. The maximum Gasteiger partial charge on any atom is 0.232 e. The molecular weight excluding hydrogens is 168 g/mol. The highest BCUT2D eigenvalue weighted by Crippen LogP contribution is 2.28. The molecule has 0 aromatic rings. The lowest BCUT2D eigenvalue weighted by Crippen LogP contribution is -2.34. The number of ether oxygens (including phenoxy) is 1. The molecule has 1 aliphatic rings. The summed E-state index contributed by atoms with van der Waals surface area (Å²) in [5, 5.41) is 2.62. The Hall–Kier alpha value is -1.06. The van der Waals surface area contributed by atoms with E-state index in [1.807, 2.05) is 13.8 Å². The average molecular weight is 184 g/mol. The van der Waals surface area contributed by atoms with Gasteiger partial charge in [0.05, 0.1) is 0 Å². The van der Waals surface area contributed by atoms with Gasteiger partial charge in [0.1, 0.15) is 12.0 Å². The van der Waals surface area contributed by atoms with Crippen LogP contribution in [0, 0.1) is 11.8 Å². The summed E-state index contributed by atoms with van der Waals surface area (Å²) in [5.41, 5.74) is 0. The van der Waals surface area contributed by atoms with Gasteiger partial charge in [-0.3, -0.25) is 9.79 Å². The number of aliphatic imine (C=N–C) groups is 1. The Balaban J connectivity index is 2.86. The van der Waals surface area contributed by atoms with Crippen LogP contribution in [-0.2, 0) is 9.53 Å². The second-order valence-corrected chi connectivity index (χ2v) is 3.34. The fraction of sp³-hybridized carbons (Fsp3) is 0.778. The minimum atomic E-state index is -0.218. The van der Waals surface area contributed by atoms with Crippen LogP contribution in [-0.4, -0.2) is 32.0 Å². The van der Waals surface area contributed by atoms with Crippen LogP contribution in [0.25, 0.3) is 0 Å². The van der Waals surface area contributed by atoms with Crippen molar-refractivity contribution in [2.75, 3.05) is 14.1 Å². The van der Waals surface area contributed by atoms with E-state index in [1.54, 1.807) is 14.1 Å². The lowest BCUT2D eigenvalue weighted by molar-refractivity contribution is -0.123. The van der Waals surface area contributed by atoms with Crippen LogP contribution in [0.2, 0.25) is 0 Å². The van der Waals surface area contributed by atoms with Crippen LogP contribution in [0.3, 0.4) is 0 Å². The summed E-state index contributed by atoms with van der Waals surface area (Å²) in [5.74, 6) is 0.514. The van der Waals surface area contributed by atoms with E-state index in [1.165, 1.54) is 0 Å². The highest BCUT2D eigenvalue weighted by Gasteiger charge is 2.41. The van der Waals surface area contributed by atoms with Gasteiger partial charge in [-0.1, -0.05) is 6.92 Å². The van der Waals surface area contributed by atoms with E-state index in [0.717, 1.165) is 0 Å². The van der Waals surface area contributed by atoms with Crippen molar-refractivity contribution in [3.05, 3.63) is 0 Å². The number of rotatable bonds is 1. The van der Waals surface area contributed by atoms with E-state index >= 15 is 0 Å². The number of hydrogen-bond acceptors (Lipinski definition) is 3. The Morgan fingerprint density at radius 1 is 1.54 bits per heavy atom. The molecule has 4 nitrogen and oxygen atoms in total. The van der Waals surface area contributed by atoms with Gasteiger partial charge in [0.15, 0.2) is 5.90 Å². The Labute approximate surface area is 78.4 Å². The van der Waals surface area contributed by atoms with E-state index in [9.17, 15) is 4.79 Å². The zero-order valence-corrected chi connectivity index (χ0v) is 8.50. The molecule has 3 unspecified atom stereocenters. The Morgan fingerprint density at radius 3 is 2.62 bits per heavy atom. The first kappa shape index (κ1) is 10.0. The Kier molecular flexibility index (Phi) is 2.90. The predicted octanol–water partition coefficient (Wildman–Crippen LogP) is 0.432. The molecular formula is C9H16N2O2. The number of carbonyl (C=O) groups is 1. The first-order valence-electron chi connectivity index (χ1n) is 4.46. The highest BCUT2D eigenvalue weighted by atomic mass is 16.5. The third-order valence-corrected chi connectivity index (χ3v) is 2.59. The molecule has 1 fully saturated rings. The lowest BCUT2D eigenvalue weighted by Gasteiger charge is -2.11. The van der Waals surface area contributed by atoms with Gasteiger partial charge in [0.25, 0.3) is 0 Å². The van der Waals surface area contributed by atoms with Crippen molar-refractivity contribution in [2.24, 2.45) is 16.8 Å². The smallest absolute Gasteiger partial charge is 0.232 e. The van der Waals surface area contributed by atoms with E-state index < -0.39 is 0 Å². The molecule has 1 saturated heterocycles. The molecule has 0 bridgehead atoms. The number of nitrogens with one attached hydrogen (secondary N) is 1. The Bertz CT molecular complexity index is 238. The number of carbonyl (C=O) groups excluding carboxylic acids is 1. The van der Waals surface area contributed by atoms with Gasteiger partial charge in [0, 0.05) is 20.0 Å². The minimum absolute atomic E-state index is 0.0162. The average Bonchev–Trinajstić information content (AvgIpc) is 2.42. The standard InChI is InChI=1S/C9H16N2O2/c1-5-6(2)13-9(11-4)7(5)8(12)10-3/h5-7H,1-4H3,(H,10,12). The molecule has 3 atom stereocenters. The first-order chi connectivity index (χ1) is 6.11. The molecule has 1 N–H and O–H groups in total. The lowest BCUT2D eigenvalue weighted by atomic mass is 9.92. The monoisotopic (exact) mass is 184 g/mol. The Morgan fingerprint density at radius 2 is 2.15 bits per heavy atom. The second-order valence-electron chi connectivity index (χ2n) is 3.34. The molecule has 0 aromatic carbocycles. The summed E-state index contributed by atoms with van der Waals surface area (Å²) < 4.78 is 5.45. The molecule has 0 aliphatic carbocycles. The fourth-order valence-corrected chi connectivity index (χ4v) is 1.57. The molecule has 0 spiro atoms. The fourth-order valence-electron chi connectivity index (χ4n) is 1.57. The summed E-state index contributed by atoms with van der Waals surface area (Å²) >= 11 is 0. The van der Waals surface area contributed by atoms with Gasteiger partial charge >= 0.3 is 0 Å². The zero-order chi connectivity index (χ0) is 10.0. The summed E-state index contributed by atoms with van der Waals surface area (Å²) in [4.78, 5) is 15.4. The highest BCUT2D eigenvalue weighted by molar-refractivity contribution is 6.01. The topological polar surface area (TPSA) is 50.7 Å². The van der Waals surface area contributed by atoms with E-state index in [0.29, 0.717) is 5.90 Å². The van der Waals surface area contributed by atoms with Crippen molar-refractivity contribution in [1.29, 1.82) is 0 Å². The normalized spacial score (nSPS) is 36.0. The largest absolute Gasteiger partial charge is 0.477 e. The predicted molar refractivity (Wildman–Crippen MR) is 50.6 cm³/mol. The first-order valence-corrected chi connectivity index (χ1v) is 4.46. The summed E-state index contributed by atoms with van der Waals surface area (Å²) in [6, 6.07) is 0. The minimum Gasteiger partial charge on any atom is -0.477 e. The maximum atomic E-state index is 11.5. The van der Waals surface area contributed by atoms with Gasteiger partial charge in [-0.25, -0.2) is 0 Å². The van der Waals surface area contributed by atoms with Crippen LogP contribution in [0.1, 0.15) is 13.8 Å². The summed E-state index contributed by atoms with van der Waals surface area (Å²) in [6.45, 7) is 3.96. The van der Waals surface area contributed by atoms with Crippen molar-refractivity contribution in [3.8, 4) is 0 Å². The maximum absolute atomic E-state index is 11.5. The van der Waals surface area contributed by atoms with Crippen molar-refractivity contribution in [1.82, 2.24) is 5.32 Å². The summed E-state index contributed by atoms with van der Waals surface area (Å²) in [6.07, 6.45) is 0.0704. The molecule has 1 rings (SSSR count). The third-order valence-electron chi connectivity index (χ3n) is 2.59. The molecule has 1 aliphatic heterocycles. The third kappa shape index (κ3) is 1.66. The van der Waals surface area contributed by atoms with E-state index in [-0.39, 0.29) is 23.8 Å². The van der Waals surface area contributed by atoms with Gasteiger partial charge in [-0.2, -0.15) is 0 Å². The van der Waals surface area contributed by atoms with Crippen LogP contribution in [0.5, 0.6) is 0 Å². The number of nitrogens with zero attached hydrogens (tertiary/aromatic N) is 1. The molecule has 1 amide bonds.